The highest BCUT2D eigenvalue weighted by Crippen LogP contribution is 2.31. The van der Waals surface area contributed by atoms with Gasteiger partial charge in [0.15, 0.2) is 10.9 Å². The van der Waals surface area contributed by atoms with E-state index in [1.807, 2.05) is 0 Å². The molecule has 138 valence electrons. The fraction of sp³-hybridized carbons (Fsp3) is 0.400. The molecule has 1 amide bonds. The molecular weight excluding hydrogens is 346 g/mol. The summed E-state index contributed by atoms with van der Waals surface area (Å²) in [6.45, 7) is 11.7. The van der Waals surface area contributed by atoms with Gasteiger partial charge in [-0.25, -0.2) is 4.98 Å². The minimum atomic E-state index is -0.144. The number of hydrogen-bond donors (Lipinski definition) is 0. The van der Waals surface area contributed by atoms with Gasteiger partial charge in [-0.2, -0.15) is 0 Å². The topological polar surface area (TPSA) is 49.6 Å². The zero-order valence-corrected chi connectivity index (χ0v) is 16.6. The molecule has 0 saturated carbocycles. The Morgan fingerprint density at radius 3 is 2.54 bits per heavy atom. The SMILES string of the molecule is CCN(CC)CCN(C(=O)c1ccco1)c1nc2cc(C)c(C)cc2s1. The number of likely N-dealkylation sites (N-methyl/N-ethyl adjacent to an activating group) is 1. The van der Waals surface area contributed by atoms with Gasteiger partial charge >= 0.3 is 0 Å². The summed E-state index contributed by atoms with van der Waals surface area (Å²) in [6, 6.07) is 7.67. The summed E-state index contributed by atoms with van der Waals surface area (Å²) in [6.07, 6.45) is 1.53. The summed E-state index contributed by atoms with van der Waals surface area (Å²) in [5, 5.41) is 0.721. The maximum absolute atomic E-state index is 13.0. The van der Waals surface area contributed by atoms with Crippen LogP contribution in [0.1, 0.15) is 35.5 Å². The van der Waals surface area contributed by atoms with E-state index in [9.17, 15) is 4.79 Å². The van der Waals surface area contributed by atoms with Gasteiger partial charge in [-0.1, -0.05) is 25.2 Å². The van der Waals surface area contributed by atoms with Gasteiger partial charge in [-0.15, -0.1) is 0 Å². The van der Waals surface area contributed by atoms with E-state index in [0.29, 0.717) is 12.3 Å². The highest BCUT2D eigenvalue weighted by Gasteiger charge is 2.23. The first-order valence-corrected chi connectivity index (χ1v) is 9.80. The van der Waals surface area contributed by atoms with Crippen molar-refractivity contribution in [3.05, 3.63) is 47.4 Å². The number of furan rings is 1. The fourth-order valence-electron chi connectivity index (χ4n) is 2.88. The van der Waals surface area contributed by atoms with E-state index in [1.165, 1.54) is 17.4 Å². The lowest BCUT2D eigenvalue weighted by Crippen LogP contribution is -2.38. The lowest BCUT2D eigenvalue weighted by Gasteiger charge is -2.24. The van der Waals surface area contributed by atoms with Gasteiger partial charge in [0, 0.05) is 13.1 Å². The van der Waals surface area contributed by atoms with Crippen LogP contribution in [-0.2, 0) is 0 Å². The van der Waals surface area contributed by atoms with Crippen molar-refractivity contribution in [3.63, 3.8) is 0 Å². The molecular formula is C20H25N3O2S. The molecule has 0 atom stereocenters. The molecule has 3 aromatic rings. The van der Waals surface area contributed by atoms with Gasteiger partial charge in [-0.05, 0) is 62.3 Å². The monoisotopic (exact) mass is 371 g/mol. The molecule has 0 N–H and O–H groups in total. The molecule has 0 aliphatic carbocycles. The number of benzene rings is 1. The average molecular weight is 372 g/mol. The lowest BCUT2D eigenvalue weighted by molar-refractivity contribution is 0.0957. The lowest BCUT2D eigenvalue weighted by atomic mass is 10.1. The summed E-state index contributed by atoms with van der Waals surface area (Å²) in [4.78, 5) is 21.8. The van der Waals surface area contributed by atoms with Crippen LogP contribution in [0.25, 0.3) is 10.2 Å². The molecule has 0 fully saturated rings. The number of nitrogens with zero attached hydrogens (tertiary/aromatic N) is 3. The molecule has 5 nitrogen and oxygen atoms in total. The zero-order valence-electron chi connectivity index (χ0n) is 15.8. The molecule has 6 heteroatoms. The van der Waals surface area contributed by atoms with Crippen molar-refractivity contribution in [3.8, 4) is 0 Å². The Kier molecular flexibility index (Phi) is 5.74. The molecule has 3 rings (SSSR count). The van der Waals surface area contributed by atoms with Gasteiger partial charge in [0.25, 0.3) is 5.91 Å². The smallest absolute Gasteiger partial charge is 0.295 e. The van der Waals surface area contributed by atoms with Crippen molar-refractivity contribution < 1.29 is 9.21 Å². The quantitative estimate of drug-likeness (QED) is 0.614. The maximum atomic E-state index is 13.0. The highest BCUT2D eigenvalue weighted by molar-refractivity contribution is 7.22. The zero-order chi connectivity index (χ0) is 18.7. The number of carbonyl (C=O) groups excluding carboxylic acids is 1. The molecule has 1 aromatic carbocycles. The van der Waals surface area contributed by atoms with Crippen LogP contribution in [0.3, 0.4) is 0 Å². The Balaban J connectivity index is 1.95. The first-order chi connectivity index (χ1) is 12.5. The van der Waals surface area contributed by atoms with Crippen LogP contribution in [0.5, 0.6) is 0 Å². The van der Waals surface area contributed by atoms with E-state index in [-0.39, 0.29) is 5.91 Å². The Labute approximate surface area is 158 Å². The number of hydrogen-bond acceptors (Lipinski definition) is 5. The summed E-state index contributed by atoms with van der Waals surface area (Å²) in [5.74, 6) is 0.200. The fourth-order valence-corrected chi connectivity index (χ4v) is 3.95. The summed E-state index contributed by atoms with van der Waals surface area (Å²) in [7, 11) is 0. The number of rotatable bonds is 7. The van der Waals surface area contributed by atoms with Crippen LogP contribution in [-0.4, -0.2) is 42.0 Å². The standard InChI is InChI=1S/C20H25N3O2S/c1-5-22(6-2)9-10-23(19(24)17-8-7-11-25-17)20-21-16-12-14(3)15(4)13-18(16)26-20/h7-8,11-13H,5-6,9-10H2,1-4H3. The van der Waals surface area contributed by atoms with E-state index in [4.69, 9.17) is 9.40 Å². The van der Waals surface area contributed by atoms with Gasteiger partial charge < -0.3 is 9.32 Å². The van der Waals surface area contributed by atoms with Crippen LogP contribution in [0, 0.1) is 13.8 Å². The third-order valence-corrected chi connectivity index (χ3v) is 5.78. The third-order valence-electron chi connectivity index (χ3n) is 4.73. The Hall–Kier alpha value is -2.18. The van der Waals surface area contributed by atoms with E-state index in [0.717, 1.165) is 35.0 Å². The third kappa shape index (κ3) is 3.81. The van der Waals surface area contributed by atoms with E-state index >= 15 is 0 Å². The van der Waals surface area contributed by atoms with Gasteiger partial charge in [-0.3, -0.25) is 9.69 Å². The predicted molar refractivity (Wildman–Crippen MR) is 107 cm³/mol. The van der Waals surface area contributed by atoms with Gasteiger partial charge in [0.1, 0.15) is 0 Å². The van der Waals surface area contributed by atoms with Crippen LogP contribution in [0.2, 0.25) is 0 Å². The van der Waals surface area contributed by atoms with Crippen LogP contribution in [0.4, 0.5) is 5.13 Å². The van der Waals surface area contributed by atoms with Gasteiger partial charge in [0.05, 0.1) is 16.5 Å². The van der Waals surface area contributed by atoms with Gasteiger partial charge in [0.2, 0.25) is 0 Å². The molecule has 2 heterocycles. The number of amides is 1. The van der Waals surface area contributed by atoms with Crippen molar-refractivity contribution in [2.45, 2.75) is 27.7 Å². The minimum absolute atomic E-state index is 0.144. The summed E-state index contributed by atoms with van der Waals surface area (Å²) < 4.78 is 6.44. The van der Waals surface area contributed by atoms with E-state index in [2.05, 4.69) is 44.7 Å². The maximum Gasteiger partial charge on any atom is 0.295 e. The number of carbonyl (C=O) groups is 1. The number of anilines is 1. The molecule has 0 radical (unpaired) electrons. The molecule has 0 unspecified atom stereocenters. The first kappa shape index (κ1) is 18.6. The largest absolute Gasteiger partial charge is 0.459 e. The molecule has 0 aliphatic rings. The van der Waals surface area contributed by atoms with E-state index in [1.54, 1.807) is 28.4 Å². The van der Waals surface area contributed by atoms with Crippen molar-refractivity contribution >= 4 is 32.6 Å². The van der Waals surface area contributed by atoms with Crippen molar-refractivity contribution in [2.24, 2.45) is 0 Å². The molecule has 2 aromatic heterocycles. The first-order valence-electron chi connectivity index (χ1n) is 8.99. The summed E-state index contributed by atoms with van der Waals surface area (Å²) in [5.41, 5.74) is 3.38. The molecule has 0 bridgehead atoms. The van der Waals surface area contributed by atoms with Crippen LogP contribution in [0.15, 0.2) is 34.9 Å². The van der Waals surface area contributed by atoms with Crippen molar-refractivity contribution in [2.75, 3.05) is 31.1 Å². The highest BCUT2D eigenvalue weighted by atomic mass is 32.1. The Morgan fingerprint density at radius 1 is 1.15 bits per heavy atom. The molecule has 0 saturated heterocycles. The number of fused-ring (bicyclic) bond motifs is 1. The molecule has 0 aliphatic heterocycles. The predicted octanol–water partition coefficient (Wildman–Crippen LogP) is 4.49. The number of thiazole rings is 1. The number of aromatic nitrogens is 1. The molecule has 26 heavy (non-hydrogen) atoms. The van der Waals surface area contributed by atoms with Crippen molar-refractivity contribution in [1.82, 2.24) is 9.88 Å². The second-order valence-electron chi connectivity index (χ2n) is 6.36. The van der Waals surface area contributed by atoms with Crippen LogP contribution >= 0.6 is 11.3 Å². The number of aryl methyl sites for hydroxylation is 2. The Morgan fingerprint density at radius 2 is 1.88 bits per heavy atom. The summed E-state index contributed by atoms with van der Waals surface area (Å²) >= 11 is 1.55. The normalized spacial score (nSPS) is 11.4. The molecule has 0 spiro atoms. The van der Waals surface area contributed by atoms with E-state index < -0.39 is 0 Å². The van der Waals surface area contributed by atoms with Crippen LogP contribution < -0.4 is 4.90 Å². The van der Waals surface area contributed by atoms with Crippen molar-refractivity contribution in [1.29, 1.82) is 0 Å². The second-order valence-corrected chi connectivity index (χ2v) is 7.37. The average Bonchev–Trinajstić information content (AvgIpc) is 3.29. The second kappa shape index (κ2) is 8.01. The minimum Gasteiger partial charge on any atom is -0.459 e. The Bertz CT molecular complexity index is 843.